The van der Waals surface area contributed by atoms with Crippen LogP contribution in [0, 0.1) is 6.92 Å². The quantitative estimate of drug-likeness (QED) is 0.756. The summed E-state index contributed by atoms with van der Waals surface area (Å²) in [6.45, 7) is 6.06. The predicted octanol–water partition coefficient (Wildman–Crippen LogP) is 1.18. The van der Waals surface area contributed by atoms with E-state index in [4.69, 9.17) is 4.74 Å². The van der Waals surface area contributed by atoms with Crippen LogP contribution in [0.15, 0.2) is 18.2 Å². The fourth-order valence-electron chi connectivity index (χ4n) is 2.10. The van der Waals surface area contributed by atoms with Crippen LogP contribution in [0.1, 0.15) is 29.8 Å². The van der Waals surface area contributed by atoms with Gasteiger partial charge in [-0.2, -0.15) is 0 Å². The van der Waals surface area contributed by atoms with Crippen molar-refractivity contribution in [1.82, 2.24) is 9.80 Å². The third-order valence-corrected chi connectivity index (χ3v) is 3.61. The number of phenolic OH excluding ortho intramolecular Hbond substituents is 1. The number of nitrogens with zero attached hydrogens (tertiary/aromatic N) is 2. The molecule has 0 spiro atoms. The molecule has 0 heterocycles. The standard InChI is InChI=1S/C17H24N2O5/c1-5-19(6-2)15(21)10-18(4)16(22)11-24-17(23)13-9-12(3)7-8-14(13)20/h7-9,20H,5-6,10-11H2,1-4H3. The van der Waals surface area contributed by atoms with E-state index in [0.717, 1.165) is 5.56 Å². The summed E-state index contributed by atoms with van der Waals surface area (Å²) in [6.07, 6.45) is 0. The molecule has 0 unspecified atom stereocenters. The molecule has 0 saturated carbocycles. The van der Waals surface area contributed by atoms with Gasteiger partial charge in [-0.3, -0.25) is 9.59 Å². The molecule has 0 radical (unpaired) electrons. The number of amides is 2. The van der Waals surface area contributed by atoms with Crippen molar-refractivity contribution in [3.05, 3.63) is 29.3 Å². The highest BCUT2D eigenvalue weighted by Crippen LogP contribution is 2.19. The molecular weight excluding hydrogens is 312 g/mol. The SMILES string of the molecule is CCN(CC)C(=O)CN(C)C(=O)COC(=O)c1cc(C)ccc1O. The van der Waals surface area contributed by atoms with Gasteiger partial charge in [0.05, 0.1) is 6.54 Å². The van der Waals surface area contributed by atoms with Crippen LogP contribution in [0.3, 0.4) is 0 Å². The normalized spacial score (nSPS) is 10.2. The van der Waals surface area contributed by atoms with Crippen molar-refractivity contribution >= 4 is 17.8 Å². The predicted molar refractivity (Wildman–Crippen MR) is 88.7 cm³/mol. The zero-order chi connectivity index (χ0) is 18.3. The Morgan fingerprint density at radius 1 is 1.12 bits per heavy atom. The van der Waals surface area contributed by atoms with Gasteiger partial charge in [0.2, 0.25) is 5.91 Å². The summed E-state index contributed by atoms with van der Waals surface area (Å²) in [7, 11) is 1.47. The van der Waals surface area contributed by atoms with Gasteiger partial charge in [-0.05, 0) is 32.9 Å². The number of ether oxygens (including phenoxy) is 1. The van der Waals surface area contributed by atoms with E-state index in [9.17, 15) is 19.5 Å². The maximum absolute atomic E-state index is 12.0. The first-order valence-electron chi connectivity index (χ1n) is 7.78. The molecule has 0 saturated heterocycles. The molecule has 0 aliphatic carbocycles. The Kier molecular flexibility index (Phi) is 7.23. The van der Waals surface area contributed by atoms with E-state index in [0.29, 0.717) is 13.1 Å². The van der Waals surface area contributed by atoms with Crippen LogP contribution >= 0.6 is 0 Å². The molecule has 1 rings (SSSR count). The molecule has 7 nitrogen and oxygen atoms in total. The van der Waals surface area contributed by atoms with Crippen molar-refractivity contribution < 1.29 is 24.2 Å². The lowest BCUT2D eigenvalue weighted by molar-refractivity contribution is -0.140. The molecule has 0 atom stereocenters. The maximum Gasteiger partial charge on any atom is 0.342 e. The third-order valence-electron chi connectivity index (χ3n) is 3.61. The van der Waals surface area contributed by atoms with Gasteiger partial charge in [-0.1, -0.05) is 11.6 Å². The van der Waals surface area contributed by atoms with Crippen LogP contribution in [0.5, 0.6) is 5.75 Å². The summed E-state index contributed by atoms with van der Waals surface area (Å²) in [5, 5.41) is 9.67. The molecule has 132 valence electrons. The largest absolute Gasteiger partial charge is 0.507 e. The van der Waals surface area contributed by atoms with Crippen molar-refractivity contribution in [2.75, 3.05) is 33.3 Å². The Hall–Kier alpha value is -2.57. The third kappa shape index (κ3) is 5.26. The second-order valence-electron chi connectivity index (χ2n) is 5.41. The van der Waals surface area contributed by atoms with E-state index >= 15 is 0 Å². The number of hydrogen-bond donors (Lipinski definition) is 1. The van der Waals surface area contributed by atoms with Gasteiger partial charge in [-0.25, -0.2) is 4.79 Å². The van der Waals surface area contributed by atoms with Crippen molar-refractivity contribution in [1.29, 1.82) is 0 Å². The average molecular weight is 336 g/mol. The Balaban J connectivity index is 2.57. The number of benzene rings is 1. The van der Waals surface area contributed by atoms with Gasteiger partial charge in [0.25, 0.3) is 5.91 Å². The molecule has 24 heavy (non-hydrogen) atoms. The first-order chi connectivity index (χ1) is 11.3. The minimum Gasteiger partial charge on any atom is -0.507 e. The molecule has 0 bridgehead atoms. The lowest BCUT2D eigenvalue weighted by atomic mass is 10.1. The van der Waals surface area contributed by atoms with E-state index < -0.39 is 18.5 Å². The lowest BCUT2D eigenvalue weighted by Gasteiger charge is -2.23. The van der Waals surface area contributed by atoms with Crippen LogP contribution in [0.2, 0.25) is 0 Å². The Morgan fingerprint density at radius 3 is 2.33 bits per heavy atom. The summed E-state index contributed by atoms with van der Waals surface area (Å²) < 4.78 is 4.93. The minimum atomic E-state index is -0.784. The topological polar surface area (TPSA) is 87.2 Å². The van der Waals surface area contributed by atoms with E-state index in [1.807, 2.05) is 13.8 Å². The molecule has 1 N–H and O–H groups in total. The van der Waals surface area contributed by atoms with Crippen LogP contribution in [-0.2, 0) is 14.3 Å². The van der Waals surface area contributed by atoms with Gasteiger partial charge in [0, 0.05) is 20.1 Å². The highest BCUT2D eigenvalue weighted by atomic mass is 16.5. The number of hydrogen-bond acceptors (Lipinski definition) is 5. The molecule has 7 heteroatoms. The molecule has 0 aromatic heterocycles. The Morgan fingerprint density at radius 2 is 1.75 bits per heavy atom. The zero-order valence-electron chi connectivity index (χ0n) is 14.5. The molecule has 0 aliphatic heterocycles. The number of carbonyl (C=O) groups excluding carboxylic acids is 3. The fraction of sp³-hybridized carbons (Fsp3) is 0.471. The number of esters is 1. The van der Waals surface area contributed by atoms with Gasteiger partial charge in [0.1, 0.15) is 11.3 Å². The summed E-state index contributed by atoms with van der Waals surface area (Å²) in [4.78, 5) is 38.7. The zero-order valence-corrected chi connectivity index (χ0v) is 14.5. The fourth-order valence-corrected chi connectivity index (χ4v) is 2.10. The van der Waals surface area contributed by atoms with E-state index in [1.54, 1.807) is 17.9 Å². The van der Waals surface area contributed by atoms with Crippen molar-refractivity contribution in [2.24, 2.45) is 0 Å². The number of rotatable bonds is 7. The van der Waals surface area contributed by atoms with Crippen LogP contribution in [0.4, 0.5) is 0 Å². The highest BCUT2D eigenvalue weighted by Gasteiger charge is 2.19. The summed E-state index contributed by atoms with van der Waals surface area (Å²) in [6, 6.07) is 4.53. The van der Waals surface area contributed by atoms with E-state index in [1.165, 1.54) is 24.1 Å². The van der Waals surface area contributed by atoms with Gasteiger partial charge >= 0.3 is 5.97 Å². The second-order valence-corrected chi connectivity index (χ2v) is 5.41. The average Bonchev–Trinajstić information content (AvgIpc) is 2.55. The van der Waals surface area contributed by atoms with Gasteiger partial charge in [-0.15, -0.1) is 0 Å². The van der Waals surface area contributed by atoms with Crippen molar-refractivity contribution in [3.8, 4) is 5.75 Å². The minimum absolute atomic E-state index is 0.00432. The molecule has 0 fully saturated rings. The number of likely N-dealkylation sites (N-methyl/N-ethyl adjacent to an activating group) is 2. The van der Waals surface area contributed by atoms with Crippen LogP contribution < -0.4 is 0 Å². The number of aromatic hydroxyl groups is 1. The second kappa shape index (κ2) is 8.90. The maximum atomic E-state index is 12.0. The van der Waals surface area contributed by atoms with Crippen molar-refractivity contribution in [3.63, 3.8) is 0 Å². The molecular formula is C17H24N2O5. The Labute approximate surface area is 141 Å². The lowest BCUT2D eigenvalue weighted by Crippen LogP contribution is -2.42. The Bertz CT molecular complexity index is 611. The number of aryl methyl sites for hydroxylation is 1. The monoisotopic (exact) mass is 336 g/mol. The van der Waals surface area contributed by atoms with E-state index in [2.05, 4.69) is 0 Å². The smallest absolute Gasteiger partial charge is 0.342 e. The van der Waals surface area contributed by atoms with Crippen LogP contribution in [-0.4, -0.2) is 66.0 Å². The molecule has 1 aromatic carbocycles. The molecule has 2 amide bonds. The summed E-state index contributed by atoms with van der Waals surface area (Å²) in [5.74, 6) is -1.65. The molecule has 0 aliphatic rings. The van der Waals surface area contributed by atoms with Gasteiger partial charge < -0.3 is 19.6 Å². The highest BCUT2D eigenvalue weighted by molar-refractivity contribution is 5.94. The number of carbonyl (C=O) groups is 3. The van der Waals surface area contributed by atoms with Gasteiger partial charge in [0.15, 0.2) is 6.61 Å². The first kappa shape index (κ1) is 19.5. The van der Waals surface area contributed by atoms with E-state index in [-0.39, 0.29) is 23.8 Å². The number of phenols is 1. The van der Waals surface area contributed by atoms with Crippen molar-refractivity contribution in [2.45, 2.75) is 20.8 Å². The first-order valence-corrected chi connectivity index (χ1v) is 7.78. The van der Waals surface area contributed by atoms with Crippen LogP contribution in [0.25, 0.3) is 0 Å². The molecule has 1 aromatic rings. The summed E-state index contributed by atoms with van der Waals surface area (Å²) in [5.41, 5.74) is 0.790. The summed E-state index contributed by atoms with van der Waals surface area (Å²) >= 11 is 0.